The minimum absolute atomic E-state index is 0.910. The second-order valence-electron chi connectivity index (χ2n) is 12.2. The zero-order valence-corrected chi connectivity index (χ0v) is 25.2. The fourth-order valence-corrected chi connectivity index (χ4v) is 8.05. The average Bonchev–Trinajstić information content (AvgIpc) is 3.81. The van der Waals surface area contributed by atoms with Gasteiger partial charge in [-0.15, -0.1) is 0 Å². The number of hydrogen-bond acceptors (Lipinski definition) is 2. The van der Waals surface area contributed by atoms with E-state index >= 15 is 0 Å². The predicted molar refractivity (Wildman–Crippen MR) is 194 cm³/mol. The van der Waals surface area contributed by atoms with Crippen molar-refractivity contribution in [2.24, 2.45) is 0 Å². The third-order valence-electron chi connectivity index (χ3n) is 9.80. The van der Waals surface area contributed by atoms with Gasteiger partial charge in [0.25, 0.3) is 0 Å². The van der Waals surface area contributed by atoms with Crippen LogP contribution in [-0.4, -0.2) is 23.5 Å². The van der Waals surface area contributed by atoms with E-state index in [9.17, 15) is 0 Å². The Morgan fingerprint density at radius 2 is 0.894 bits per heavy atom. The Morgan fingerprint density at radius 3 is 1.53 bits per heavy atom. The molecule has 0 saturated carbocycles. The number of hydrogen-bond donors (Lipinski definition) is 0. The molecule has 0 radical (unpaired) electrons. The van der Waals surface area contributed by atoms with E-state index in [0.29, 0.717) is 0 Å². The Hall–Kier alpha value is -6.46. The summed E-state index contributed by atoms with van der Waals surface area (Å²) in [5.74, 6) is 0. The summed E-state index contributed by atoms with van der Waals surface area (Å²) in [5, 5.41) is 8.23. The van der Waals surface area contributed by atoms with Gasteiger partial charge in [-0.05, 0) is 60.7 Å². The van der Waals surface area contributed by atoms with E-state index in [4.69, 9.17) is 9.97 Å². The van der Waals surface area contributed by atoms with Gasteiger partial charge in [0.15, 0.2) is 0 Å². The van der Waals surface area contributed by atoms with Crippen LogP contribution in [0, 0.1) is 0 Å². The monoisotopic (exact) mass is 599 g/mol. The first-order valence-electron chi connectivity index (χ1n) is 16.0. The van der Waals surface area contributed by atoms with Crippen LogP contribution < -0.4 is 0 Å². The largest absolute Gasteiger partial charge is 0.307 e. The average molecular weight is 600 g/mol. The fourth-order valence-electron chi connectivity index (χ4n) is 8.05. The van der Waals surface area contributed by atoms with Crippen molar-refractivity contribution < 1.29 is 0 Å². The molecule has 218 valence electrons. The maximum Gasteiger partial charge on any atom is 0.148 e. The predicted octanol–water partition coefficient (Wildman–Crippen LogP) is 10.4. The smallest absolute Gasteiger partial charge is 0.148 e. The molecule has 5 heteroatoms. The van der Waals surface area contributed by atoms with Gasteiger partial charge in [0.1, 0.15) is 11.3 Å². The second kappa shape index (κ2) is 9.05. The van der Waals surface area contributed by atoms with Crippen molar-refractivity contribution in [2.45, 2.75) is 0 Å². The summed E-state index contributed by atoms with van der Waals surface area (Å²) in [4.78, 5) is 10.4. The molecule has 47 heavy (non-hydrogen) atoms. The minimum atomic E-state index is 0.910. The molecule has 0 saturated heterocycles. The Bertz CT molecular complexity index is 3060. The summed E-state index contributed by atoms with van der Waals surface area (Å²) in [5.41, 5.74) is 10.8. The van der Waals surface area contributed by atoms with Gasteiger partial charge >= 0.3 is 0 Å². The maximum atomic E-state index is 5.39. The highest BCUT2D eigenvalue weighted by Gasteiger charge is 2.28. The molecule has 11 aromatic rings. The molecule has 5 heterocycles. The third-order valence-corrected chi connectivity index (χ3v) is 9.80. The lowest BCUT2D eigenvalue weighted by Gasteiger charge is -2.15. The van der Waals surface area contributed by atoms with Crippen molar-refractivity contribution in [1.82, 2.24) is 23.5 Å². The lowest BCUT2D eigenvalue weighted by atomic mass is 9.97. The zero-order chi connectivity index (χ0) is 30.6. The van der Waals surface area contributed by atoms with E-state index in [1.165, 1.54) is 32.4 Å². The van der Waals surface area contributed by atoms with Crippen LogP contribution in [0.5, 0.6) is 0 Å². The number of aromatic nitrogens is 5. The van der Waals surface area contributed by atoms with Gasteiger partial charge in [0, 0.05) is 55.3 Å². The van der Waals surface area contributed by atoms with Crippen molar-refractivity contribution in [1.29, 1.82) is 0 Å². The van der Waals surface area contributed by atoms with Gasteiger partial charge in [0.05, 0.1) is 33.1 Å². The van der Waals surface area contributed by atoms with Gasteiger partial charge < -0.3 is 9.13 Å². The number of pyridine rings is 2. The van der Waals surface area contributed by atoms with Crippen LogP contribution in [0.1, 0.15) is 0 Å². The first kappa shape index (κ1) is 24.8. The highest BCUT2D eigenvalue weighted by Crippen LogP contribution is 2.49. The summed E-state index contributed by atoms with van der Waals surface area (Å²) in [6.07, 6.45) is 1.90. The number of fused-ring (bicyclic) bond motifs is 17. The van der Waals surface area contributed by atoms with Crippen LogP contribution in [0.2, 0.25) is 0 Å². The second-order valence-corrected chi connectivity index (χ2v) is 12.2. The molecule has 0 unspecified atom stereocenters. The van der Waals surface area contributed by atoms with Gasteiger partial charge in [-0.25, -0.2) is 9.97 Å². The molecular weight excluding hydrogens is 574 g/mol. The number of nitrogens with zero attached hydrogens (tertiary/aromatic N) is 5. The van der Waals surface area contributed by atoms with Crippen LogP contribution in [0.25, 0.3) is 93.5 Å². The Balaban J connectivity index is 1.59. The molecule has 0 N–H and O–H groups in total. The van der Waals surface area contributed by atoms with E-state index in [2.05, 4.69) is 159 Å². The van der Waals surface area contributed by atoms with E-state index in [0.717, 1.165) is 61.0 Å². The summed E-state index contributed by atoms with van der Waals surface area (Å²) in [7, 11) is 0. The molecule has 0 fully saturated rings. The summed E-state index contributed by atoms with van der Waals surface area (Å²) < 4.78 is 7.18. The SMILES string of the molecule is c1ccc(-n2c3ccccc3c3c4c5cccnc5n5c6ccccc6nc5c4c4c5ccccc5n(-c5ccccc5)c4c32)cc1. The lowest BCUT2D eigenvalue weighted by Crippen LogP contribution is -2.00. The van der Waals surface area contributed by atoms with Crippen molar-refractivity contribution >= 4 is 82.1 Å². The van der Waals surface area contributed by atoms with Crippen LogP contribution in [-0.2, 0) is 0 Å². The molecule has 11 rings (SSSR count). The van der Waals surface area contributed by atoms with E-state index in [-0.39, 0.29) is 0 Å². The molecule has 6 aromatic carbocycles. The molecule has 0 atom stereocenters. The molecule has 0 amide bonds. The highest BCUT2D eigenvalue weighted by atomic mass is 15.1. The molecule has 0 aliphatic rings. The van der Waals surface area contributed by atoms with Crippen LogP contribution >= 0.6 is 0 Å². The van der Waals surface area contributed by atoms with Crippen molar-refractivity contribution in [2.75, 3.05) is 0 Å². The number of para-hydroxylation sites is 6. The van der Waals surface area contributed by atoms with Gasteiger partial charge in [-0.2, -0.15) is 0 Å². The lowest BCUT2D eigenvalue weighted by molar-refractivity contribution is 1.15. The molecule has 0 aliphatic carbocycles. The molecule has 0 aliphatic heterocycles. The first-order valence-corrected chi connectivity index (χ1v) is 16.0. The highest BCUT2D eigenvalue weighted by molar-refractivity contribution is 6.42. The Morgan fingerprint density at radius 1 is 0.383 bits per heavy atom. The first-order chi connectivity index (χ1) is 23.4. The molecule has 0 spiro atoms. The van der Waals surface area contributed by atoms with Gasteiger partial charge in [0.2, 0.25) is 0 Å². The summed E-state index contributed by atoms with van der Waals surface area (Å²) in [6.45, 7) is 0. The molecule has 5 nitrogen and oxygen atoms in total. The normalized spacial score (nSPS) is 12.3. The molecular formula is C42H25N5. The van der Waals surface area contributed by atoms with Crippen LogP contribution in [0.15, 0.2) is 152 Å². The Kier molecular flexibility index (Phi) is 4.78. The van der Waals surface area contributed by atoms with Gasteiger partial charge in [-0.1, -0.05) is 84.9 Å². The maximum absolute atomic E-state index is 5.39. The summed E-state index contributed by atoms with van der Waals surface area (Å²) >= 11 is 0. The standard InChI is InChI=1S/C42H25N5/c1-3-14-26(15-4-1)45-32-22-10-7-18-28(32)36-35-30-20-13-25-43-41(30)47-34-24-12-9-21-31(34)44-42(47)38(35)37-29-19-8-11-23-33(29)46(40(37)39(36)45)27-16-5-2-6-17-27/h1-25H. The van der Waals surface area contributed by atoms with E-state index in [1.807, 2.05) is 6.20 Å². The minimum Gasteiger partial charge on any atom is -0.307 e. The number of benzene rings is 6. The van der Waals surface area contributed by atoms with Crippen molar-refractivity contribution in [3.05, 3.63) is 152 Å². The van der Waals surface area contributed by atoms with E-state index < -0.39 is 0 Å². The topological polar surface area (TPSA) is 40.1 Å². The van der Waals surface area contributed by atoms with Crippen molar-refractivity contribution in [3.63, 3.8) is 0 Å². The quantitative estimate of drug-likeness (QED) is 0.186. The fraction of sp³-hybridized carbons (Fsp3) is 0. The zero-order valence-electron chi connectivity index (χ0n) is 25.2. The van der Waals surface area contributed by atoms with Crippen LogP contribution in [0.4, 0.5) is 0 Å². The third kappa shape index (κ3) is 3.12. The molecule has 0 bridgehead atoms. The summed E-state index contributed by atoms with van der Waals surface area (Å²) in [6, 6.07) is 51.8. The van der Waals surface area contributed by atoms with Crippen LogP contribution in [0.3, 0.4) is 0 Å². The number of imidazole rings is 1. The number of rotatable bonds is 2. The van der Waals surface area contributed by atoms with Crippen molar-refractivity contribution in [3.8, 4) is 11.4 Å². The van der Waals surface area contributed by atoms with E-state index in [1.54, 1.807) is 0 Å². The molecule has 5 aromatic heterocycles. The Labute approximate surface area is 268 Å². The van der Waals surface area contributed by atoms with Gasteiger partial charge in [-0.3, -0.25) is 4.40 Å².